The molecule has 0 aliphatic carbocycles. The van der Waals surface area contributed by atoms with Crippen LogP contribution in [-0.2, 0) is 24.8 Å². The largest absolute Gasteiger partial charge is 0.478 e. The minimum atomic E-state index is -1.01. The van der Waals surface area contributed by atoms with E-state index in [-0.39, 0.29) is 24.4 Å². The van der Waals surface area contributed by atoms with Crippen LogP contribution in [0.1, 0.15) is 21.7 Å². The SMILES string of the molecule is Cn1nnc(CN2C(=O)Cc3cc(C(=O)O)ccc32)n1. The van der Waals surface area contributed by atoms with Crippen LogP contribution in [0.4, 0.5) is 5.69 Å². The third-order valence-corrected chi connectivity index (χ3v) is 3.11. The molecule has 1 aromatic heterocycles. The van der Waals surface area contributed by atoms with Gasteiger partial charge in [-0.05, 0) is 29.0 Å². The van der Waals surface area contributed by atoms with Gasteiger partial charge in [0.2, 0.25) is 5.91 Å². The average Bonchev–Trinajstić information content (AvgIpc) is 2.94. The molecule has 2 heterocycles. The fourth-order valence-corrected chi connectivity index (χ4v) is 2.22. The number of rotatable bonds is 3. The third-order valence-electron chi connectivity index (χ3n) is 3.11. The summed E-state index contributed by atoms with van der Waals surface area (Å²) in [5.74, 6) is -0.666. The maximum Gasteiger partial charge on any atom is 0.335 e. The van der Waals surface area contributed by atoms with Gasteiger partial charge in [-0.25, -0.2) is 4.79 Å². The minimum Gasteiger partial charge on any atom is -0.478 e. The predicted molar refractivity (Wildman–Crippen MR) is 67.1 cm³/mol. The van der Waals surface area contributed by atoms with Gasteiger partial charge in [0.25, 0.3) is 0 Å². The maximum absolute atomic E-state index is 12.0. The van der Waals surface area contributed by atoms with Gasteiger partial charge in [-0.1, -0.05) is 0 Å². The van der Waals surface area contributed by atoms with Crippen molar-refractivity contribution in [3.63, 3.8) is 0 Å². The zero-order valence-corrected chi connectivity index (χ0v) is 10.6. The molecule has 8 nitrogen and oxygen atoms in total. The topological polar surface area (TPSA) is 101 Å². The Morgan fingerprint density at radius 3 is 2.90 bits per heavy atom. The normalized spacial score (nSPS) is 13.7. The smallest absolute Gasteiger partial charge is 0.335 e. The number of aromatic nitrogens is 4. The number of fused-ring (bicyclic) bond motifs is 1. The molecule has 20 heavy (non-hydrogen) atoms. The zero-order valence-electron chi connectivity index (χ0n) is 10.6. The highest BCUT2D eigenvalue weighted by molar-refractivity contribution is 6.02. The van der Waals surface area contributed by atoms with Gasteiger partial charge in [-0.15, -0.1) is 10.2 Å². The monoisotopic (exact) mass is 273 g/mol. The van der Waals surface area contributed by atoms with Crippen LogP contribution in [0.2, 0.25) is 0 Å². The highest BCUT2D eigenvalue weighted by atomic mass is 16.4. The van der Waals surface area contributed by atoms with Crippen LogP contribution in [0, 0.1) is 0 Å². The fourth-order valence-electron chi connectivity index (χ4n) is 2.22. The van der Waals surface area contributed by atoms with Crippen molar-refractivity contribution in [3.8, 4) is 0 Å². The van der Waals surface area contributed by atoms with Crippen LogP contribution in [0.5, 0.6) is 0 Å². The Morgan fingerprint density at radius 1 is 1.45 bits per heavy atom. The van der Waals surface area contributed by atoms with E-state index < -0.39 is 5.97 Å². The summed E-state index contributed by atoms with van der Waals surface area (Å²) >= 11 is 0. The Labute approximate surface area is 113 Å². The summed E-state index contributed by atoms with van der Waals surface area (Å²) in [7, 11) is 1.65. The lowest BCUT2D eigenvalue weighted by atomic mass is 10.1. The van der Waals surface area contributed by atoms with E-state index in [0.29, 0.717) is 17.1 Å². The molecular formula is C12H11N5O3. The van der Waals surface area contributed by atoms with E-state index in [0.717, 1.165) is 0 Å². The van der Waals surface area contributed by atoms with Gasteiger partial charge in [-0.3, -0.25) is 4.79 Å². The minimum absolute atomic E-state index is 0.102. The van der Waals surface area contributed by atoms with Gasteiger partial charge >= 0.3 is 5.97 Å². The van der Waals surface area contributed by atoms with Crippen molar-refractivity contribution in [2.75, 3.05) is 4.90 Å². The van der Waals surface area contributed by atoms with Gasteiger partial charge in [-0.2, -0.15) is 4.80 Å². The molecule has 1 aliphatic heterocycles. The Balaban J connectivity index is 1.92. The third kappa shape index (κ3) is 2.00. The van der Waals surface area contributed by atoms with Crippen LogP contribution >= 0.6 is 0 Å². The second kappa shape index (κ2) is 4.41. The number of nitrogens with zero attached hydrogens (tertiary/aromatic N) is 5. The molecule has 3 rings (SSSR count). The highest BCUT2D eigenvalue weighted by Crippen LogP contribution is 2.30. The number of hydrogen-bond acceptors (Lipinski definition) is 5. The summed E-state index contributed by atoms with van der Waals surface area (Å²) in [5.41, 5.74) is 1.59. The molecule has 0 atom stereocenters. The number of carbonyl (C=O) groups excluding carboxylic acids is 1. The second-order valence-electron chi connectivity index (χ2n) is 4.50. The van der Waals surface area contributed by atoms with E-state index in [9.17, 15) is 9.59 Å². The van der Waals surface area contributed by atoms with Crippen LogP contribution in [0.3, 0.4) is 0 Å². The summed E-state index contributed by atoms with van der Waals surface area (Å²) in [6.45, 7) is 0.228. The lowest BCUT2D eigenvalue weighted by Gasteiger charge is -2.15. The lowest BCUT2D eigenvalue weighted by molar-refractivity contribution is -0.117. The van der Waals surface area contributed by atoms with Crippen molar-refractivity contribution < 1.29 is 14.7 Å². The predicted octanol–water partition coefficient (Wildman–Crippen LogP) is -0.00240. The van der Waals surface area contributed by atoms with Crippen LogP contribution in [0.25, 0.3) is 0 Å². The number of hydrogen-bond donors (Lipinski definition) is 1. The van der Waals surface area contributed by atoms with Gasteiger partial charge in [0.15, 0.2) is 5.82 Å². The molecule has 0 unspecified atom stereocenters. The van der Waals surface area contributed by atoms with Crippen molar-refractivity contribution in [3.05, 3.63) is 35.2 Å². The summed E-state index contributed by atoms with van der Waals surface area (Å²) < 4.78 is 0. The molecular weight excluding hydrogens is 262 g/mol. The van der Waals surface area contributed by atoms with Gasteiger partial charge < -0.3 is 10.0 Å². The van der Waals surface area contributed by atoms with E-state index in [2.05, 4.69) is 15.4 Å². The van der Waals surface area contributed by atoms with Crippen molar-refractivity contribution >= 4 is 17.6 Å². The number of aromatic carboxylic acids is 1. The second-order valence-corrected chi connectivity index (χ2v) is 4.50. The first kappa shape index (κ1) is 12.3. The first-order valence-corrected chi connectivity index (χ1v) is 5.94. The molecule has 0 radical (unpaired) electrons. The van der Waals surface area contributed by atoms with Crippen LogP contribution < -0.4 is 4.90 Å². The summed E-state index contributed by atoms with van der Waals surface area (Å²) in [4.78, 5) is 25.8. The van der Waals surface area contributed by atoms with Crippen molar-refractivity contribution in [1.29, 1.82) is 0 Å². The van der Waals surface area contributed by atoms with Gasteiger partial charge in [0, 0.05) is 5.69 Å². The van der Waals surface area contributed by atoms with E-state index >= 15 is 0 Å². The number of amides is 1. The molecule has 1 aromatic carbocycles. The standard InChI is InChI=1S/C12H11N5O3/c1-16-14-10(13-15-16)6-17-9-3-2-7(12(19)20)4-8(9)5-11(17)18/h2-4H,5-6H2,1H3,(H,19,20). The van der Waals surface area contributed by atoms with E-state index in [1.807, 2.05) is 0 Å². The van der Waals surface area contributed by atoms with E-state index in [1.54, 1.807) is 13.1 Å². The summed E-state index contributed by atoms with van der Waals surface area (Å²) in [6, 6.07) is 4.65. The van der Waals surface area contributed by atoms with E-state index in [1.165, 1.54) is 21.8 Å². The molecule has 0 saturated heterocycles. The lowest BCUT2D eigenvalue weighted by Crippen LogP contribution is -2.26. The number of carbonyl (C=O) groups is 2. The number of benzene rings is 1. The molecule has 0 spiro atoms. The van der Waals surface area contributed by atoms with Gasteiger partial charge in [0.05, 0.1) is 25.6 Å². The molecule has 1 amide bonds. The molecule has 1 aliphatic rings. The molecule has 0 saturated carbocycles. The van der Waals surface area contributed by atoms with Crippen molar-refractivity contribution in [2.45, 2.75) is 13.0 Å². The Hall–Kier alpha value is -2.77. The Morgan fingerprint density at radius 2 is 2.25 bits per heavy atom. The number of carboxylic acid groups (broad SMARTS) is 1. The summed E-state index contributed by atoms with van der Waals surface area (Å²) in [6.07, 6.45) is 0.191. The first-order chi connectivity index (χ1) is 9.54. The number of carboxylic acids is 1. The quantitative estimate of drug-likeness (QED) is 0.844. The number of anilines is 1. The molecule has 102 valence electrons. The Kier molecular flexibility index (Phi) is 2.70. The zero-order chi connectivity index (χ0) is 14.3. The average molecular weight is 273 g/mol. The molecule has 1 N–H and O–H groups in total. The Bertz CT molecular complexity index is 709. The number of aryl methyl sites for hydroxylation is 1. The van der Waals surface area contributed by atoms with Crippen LogP contribution in [-0.4, -0.2) is 37.2 Å². The highest BCUT2D eigenvalue weighted by Gasteiger charge is 2.29. The maximum atomic E-state index is 12.0. The van der Waals surface area contributed by atoms with Crippen molar-refractivity contribution in [1.82, 2.24) is 20.2 Å². The molecule has 0 bridgehead atoms. The van der Waals surface area contributed by atoms with Gasteiger partial charge in [0.1, 0.15) is 0 Å². The molecule has 2 aromatic rings. The first-order valence-electron chi connectivity index (χ1n) is 5.94. The van der Waals surface area contributed by atoms with E-state index in [4.69, 9.17) is 5.11 Å². The summed E-state index contributed by atoms with van der Waals surface area (Å²) in [5, 5.41) is 20.6. The molecule has 0 fully saturated rings. The molecule has 8 heteroatoms. The van der Waals surface area contributed by atoms with Crippen LogP contribution in [0.15, 0.2) is 18.2 Å². The number of tetrazole rings is 1. The van der Waals surface area contributed by atoms with Crippen molar-refractivity contribution in [2.24, 2.45) is 7.05 Å². The fraction of sp³-hybridized carbons (Fsp3) is 0.250.